The minimum Gasteiger partial charge on any atom is -0.491 e. The summed E-state index contributed by atoms with van der Waals surface area (Å²) in [6, 6.07) is 13.4. The molecule has 0 aliphatic carbocycles. The number of nitrogens with zero attached hydrogens (tertiary/aromatic N) is 4. The molecule has 0 radical (unpaired) electrons. The van der Waals surface area contributed by atoms with E-state index in [1.54, 1.807) is 76.2 Å². The number of hydrogen-bond acceptors (Lipinski definition) is 10. The van der Waals surface area contributed by atoms with E-state index in [1.807, 2.05) is 0 Å². The molecule has 0 amide bonds. The van der Waals surface area contributed by atoms with E-state index in [9.17, 15) is 21.6 Å². The minimum atomic E-state index is -4.81. The molecule has 0 saturated heterocycles. The summed E-state index contributed by atoms with van der Waals surface area (Å²) < 4.78 is 90.0. The molecular weight excluding hydrogens is 715 g/mol. The second-order valence-corrected chi connectivity index (χ2v) is 15.4. The van der Waals surface area contributed by atoms with E-state index in [0.717, 1.165) is 11.3 Å². The number of halogens is 4. The molecule has 2 aliphatic heterocycles. The molecular formula is C34H31ClF3N5O5S2. The number of dihydropyridines is 1. The Morgan fingerprint density at radius 2 is 1.80 bits per heavy atom. The zero-order valence-electron chi connectivity index (χ0n) is 27.5. The molecule has 262 valence electrons. The fourth-order valence-corrected chi connectivity index (χ4v) is 8.81. The minimum absolute atomic E-state index is 0.0197. The topological polar surface area (TPSA) is 128 Å². The van der Waals surface area contributed by atoms with E-state index >= 15 is 0 Å². The summed E-state index contributed by atoms with van der Waals surface area (Å²) in [7, 11) is -2.63. The number of benzene rings is 2. The van der Waals surface area contributed by atoms with Crippen LogP contribution in [0.1, 0.15) is 34.3 Å². The second kappa shape index (κ2) is 13.4. The van der Waals surface area contributed by atoms with Crippen molar-refractivity contribution in [3.63, 3.8) is 0 Å². The Morgan fingerprint density at radius 1 is 1.02 bits per heavy atom. The highest BCUT2D eigenvalue weighted by Crippen LogP contribution is 2.52. The predicted octanol–water partition coefficient (Wildman–Crippen LogP) is 8.89. The van der Waals surface area contributed by atoms with Gasteiger partial charge < -0.3 is 14.0 Å². The maximum absolute atomic E-state index is 14.5. The molecule has 16 heteroatoms. The van der Waals surface area contributed by atoms with Crippen LogP contribution in [0, 0.1) is 20.8 Å². The molecule has 0 spiro atoms. The number of aromatic nitrogens is 1. The van der Waals surface area contributed by atoms with Gasteiger partial charge in [0.05, 0.1) is 12.3 Å². The van der Waals surface area contributed by atoms with Crippen LogP contribution < -0.4 is 9.46 Å². The molecule has 1 atom stereocenters. The molecule has 4 heterocycles. The zero-order valence-corrected chi connectivity index (χ0v) is 29.9. The van der Waals surface area contributed by atoms with Gasteiger partial charge in [-0.05, 0) is 69.2 Å². The maximum atomic E-state index is 14.5. The molecule has 4 aromatic rings. The Bertz CT molecular complexity index is 2220. The molecule has 0 bridgehead atoms. The molecule has 6 rings (SSSR count). The number of aryl methyl sites for hydroxylation is 2. The van der Waals surface area contributed by atoms with Gasteiger partial charge >= 0.3 is 6.18 Å². The van der Waals surface area contributed by atoms with Crippen molar-refractivity contribution in [2.75, 3.05) is 25.0 Å². The van der Waals surface area contributed by atoms with E-state index in [2.05, 4.69) is 20.1 Å². The fraction of sp³-hybridized carbons (Fsp3) is 0.294. The number of hydrogen-bond donors (Lipinski definition) is 1. The monoisotopic (exact) mass is 745 g/mol. The normalized spacial score (nSPS) is 17.5. The van der Waals surface area contributed by atoms with Crippen LogP contribution in [-0.2, 0) is 26.7 Å². The smallest absolute Gasteiger partial charge is 0.435 e. The molecule has 2 aromatic heterocycles. The van der Waals surface area contributed by atoms with E-state index in [4.69, 9.17) is 30.6 Å². The van der Waals surface area contributed by atoms with Gasteiger partial charge in [0.25, 0.3) is 10.0 Å². The number of sulfonamides is 1. The van der Waals surface area contributed by atoms with Gasteiger partial charge in [-0.25, -0.2) is 8.42 Å². The summed E-state index contributed by atoms with van der Waals surface area (Å²) in [5.74, 6) is 0.845. The first-order valence-electron chi connectivity index (χ1n) is 15.2. The van der Waals surface area contributed by atoms with E-state index < -0.39 is 27.4 Å². The van der Waals surface area contributed by atoms with Crippen LogP contribution in [0.15, 0.2) is 95.5 Å². The van der Waals surface area contributed by atoms with Crippen molar-refractivity contribution in [1.29, 1.82) is 0 Å². The molecule has 0 fully saturated rings. The Kier molecular flexibility index (Phi) is 9.54. The van der Waals surface area contributed by atoms with Crippen molar-refractivity contribution in [2.24, 2.45) is 15.2 Å². The molecule has 2 aromatic carbocycles. The summed E-state index contributed by atoms with van der Waals surface area (Å²) in [6.07, 6.45) is -3.41. The quantitative estimate of drug-likeness (QED) is 0.153. The van der Waals surface area contributed by atoms with Gasteiger partial charge in [0.15, 0.2) is 11.5 Å². The number of alkyl halides is 3. The number of methoxy groups -OCH3 is 1. The van der Waals surface area contributed by atoms with Crippen molar-refractivity contribution in [3.05, 3.63) is 104 Å². The van der Waals surface area contributed by atoms with Crippen LogP contribution >= 0.6 is 22.9 Å². The highest BCUT2D eigenvalue weighted by molar-refractivity contribution is 7.94. The van der Waals surface area contributed by atoms with Crippen molar-refractivity contribution >= 4 is 44.5 Å². The number of anilines is 1. The molecule has 2 aliphatic rings. The number of rotatable bonds is 11. The Morgan fingerprint density at radius 3 is 2.48 bits per heavy atom. The standard InChI is InChI=1S/C34H31ClF3N5O5S2/c1-18-13-27-29(30(41-40-27)34(36,37)38)33(39-18,23-7-6-8-24(35)16-23)17-22-9-10-25(28(15-22)47-12-11-46-5)26-14-19(2)49-32(26)50(44,45)43-31-20(3)21(4)48-42-31/h6-10,13-16H,11-12,17H2,1-5H3,(H,42,43). The first kappa shape index (κ1) is 35.5. The van der Waals surface area contributed by atoms with Crippen LogP contribution in [-0.4, -0.2) is 45.8 Å². The first-order valence-corrected chi connectivity index (χ1v) is 17.9. The third-order valence-electron chi connectivity index (χ3n) is 8.24. The summed E-state index contributed by atoms with van der Waals surface area (Å²) in [4.78, 5) is 5.57. The summed E-state index contributed by atoms with van der Waals surface area (Å²) in [5.41, 5.74) is -0.104. The van der Waals surface area contributed by atoms with Crippen molar-refractivity contribution in [3.8, 4) is 16.9 Å². The summed E-state index contributed by atoms with van der Waals surface area (Å²) in [6.45, 7) is 7.17. The largest absolute Gasteiger partial charge is 0.491 e. The van der Waals surface area contributed by atoms with Gasteiger partial charge in [-0.3, -0.25) is 9.71 Å². The van der Waals surface area contributed by atoms with Crippen LogP contribution in [0.4, 0.5) is 19.0 Å². The van der Waals surface area contributed by atoms with Gasteiger partial charge in [0.1, 0.15) is 27.9 Å². The van der Waals surface area contributed by atoms with Crippen molar-refractivity contribution < 1.29 is 35.6 Å². The zero-order chi connectivity index (χ0) is 36.0. The van der Waals surface area contributed by atoms with Crippen LogP contribution in [0.2, 0.25) is 5.02 Å². The first-order chi connectivity index (χ1) is 23.6. The Hall–Kier alpha value is -4.31. The van der Waals surface area contributed by atoms with Crippen LogP contribution in [0.3, 0.4) is 0 Å². The van der Waals surface area contributed by atoms with Gasteiger partial charge in [-0.2, -0.15) is 18.3 Å². The van der Waals surface area contributed by atoms with Crippen molar-refractivity contribution in [1.82, 2.24) is 5.16 Å². The summed E-state index contributed by atoms with van der Waals surface area (Å²) >= 11 is 7.46. The average Bonchev–Trinajstić information content (AvgIpc) is 3.75. The molecule has 10 nitrogen and oxygen atoms in total. The second-order valence-electron chi connectivity index (χ2n) is 11.8. The number of fused-ring (bicyclic) bond motifs is 1. The number of thiophene rings is 1. The van der Waals surface area contributed by atoms with Crippen LogP contribution in [0.25, 0.3) is 11.1 Å². The van der Waals surface area contributed by atoms with Crippen LogP contribution in [0.5, 0.6) is 5.75 Å². The highest BCUT2D eigenvalue weighted by atomic mass is 35.5. The lowest BCUT2D eigenvalue weighted by molar-refractivity contribution is -0.0936. The third-order valence-corrected chi connectivity index (χ3v) is 11.4. The number of allylic oxidation sites excluding steroid dienone is 2. The lowest BCUT2D eigenvalue weighted by atomic mass is 9.74. The maximum Gasteiger partial charge on any atom is 0.435 e. The molecule has 1 N–H and O–H groups in total. The number of aliphatic imine (C=N–C) groups is 1. The molecule has 0 saturated carbocycles. The lowest BCUT2D eigenvalue weighted by Gasteiger charge is -2.36. The van der Waals surface area contributed by atoms with Gasteiger partial charge in [-0.15, -0.1) is 16.5 Å². The van der Waals surface area contributed by atoms with Gasteiger partial charge in [-0.1, -0.05) is 41.0 Å². The Balaban J connectivity index is 1.50. The van der Waals surface area contributed by atoms with E-state index in [1.165, 1.54) is 13.2 Å². The lowest BCUT2D eigenvalue weighted by Crippen LogP contribution is -2.35. The number of nitrogens with one attached hydrogen (secondary N) is 1. The predicted molar refractivity (Wildman–Crippen MR) is 185 cm³/mol. The van der Waals surface area contributed by atoms with Gasteiger partial charge in [0, 0.05) is 51.4 Å². The Labute approximate surface area is 295 Å². The molecule has 1 unspecified atom stereocenters. The fourth-order valence-electron chi connectivity index (χ4n) is 5.92. The molecule has 50 heavy (non-hydrogen) atoms. The average molecular weight is 746 g/mol. The van der Waals surface area contributed by atoms with Gasteiger partial charge in [0.2, 0.25) is 0 Å². The van der Waals surface area contributed by atoms with E-state index in [-0.39, 0.29) is 40.9 Å². The highest BCUT2D eigenvalue weighted by Gasteiger charge is 2.51. The van der Waals surface area contributed by atoms with Crippen molar-refractivity contribution in [2.45, 2.75) is 50.0 Å². The number of azo groups is 1. The summed E-state index contributed by atoms with van der Waals surface area (Å²) in [5, 5.41) is 11.6. The van der Waals surface area contributed by atoms with E-state index in [0.29, 0.717) is 54.9 Å². The third kappa shape index (κ3) is 6.74. The number of ether oxygens (including phenoxy) is 2. The SMILES string of the molecule is COCCOc1cc(CC2(c3cccc(Cl)c3)N=C(C)C=C3N=NC(C(F)(F)F)=C32)ccc1-c1cc(C)sc1S(=O)(=O)Nc1noc(C)c1C.